The van der Waals surface area contributed by atoms with E-state index >= 15 is 0 Å². The Morgan fingerprint density at radius 1 is 1.00 bits per heavy atom. The molecule has 19 heavy (non-hydrogen) atoms. The van der Waals surface area contributed by atoms with Gasteiger partial charge in [-0.2, -0.15) is 0 Å². The van der Waals surface area contributed by atoms with E-state index in [0.29, 0.717) is 6.04 Å². The van der Waals surface area contributed by atoms with E-state index in [4.69, 9.17) is 0 Å². The monoisotopic (exact) mass is 267 g/mol. The number of hydrogen-bond donors (Lipinski definition) is 1. The van der Waals surface area contributed by atoms with Gasteiger partial charge in [0.2, 0.25) is 0 Å². The maximum atomic E-state index is 3.60. The van der Waals surface area contributed by atoms with Crippen LogP contribution in [0.4, 0.5) is 0 Å². The standard InChI is InChI=1S/C17H17NS/c1-13(17-10-5-11-19-17)18-12-15-8-4-7-14-6-2-3-9-16(14)15/h2-11,13,18H,12H2,1H3. The van der Waals surface area contributed by atoms with Crippen LogP contribution in [0.5, 0.6) is 0 Å². The molecule has 0 fully saturated rings. The van der Waals surface area contributed by atoms with E-state index in [9.17, 15) is 0 Å². The summed E-state index contributed by atoms with van der Waals surface area (Å²) in [7, 11) is 0. The molecule has 0 bridgehead atoms. The first-order chi connectivity index (χ1) is 9.34. The van der Waals surface area contributed by atoms with Gasteiger partial charge in [0, 0.05) is 17.5 Å². The quantitative estimate of drug-likeness (QED) is 0.719. The van der Waals surface area contributed by atoms with Crippen LogP contribution in [0.1, 0.15) is 23.4 Å². The molecule has 3 aromatic rings. The fourth-order valence-electron chi connectivity index (χ4n) is 2.35. The number of fused-ring (bicyclic) bond motifs is 1. The molecule has 3 rings (SSSR count). The zero-order chi connectivity index (χ0) is 13.1. The molecular weight excluding hydrogens is 250 g/mol. The predicted molar refractivity (Wildman–Crippen MR) is 83.5 cm³/mol. The normalized spacial score (nSPS) is 12.7. The van der Waals surface area contributed by atoms with Gasteiger partial charge in [-0.15, -0.1) is 11.3 Å². The van der Waals surface area contributed by atoms with Crippen LogP contribution >= 0.6 is 11.3 Å². The van der Waals surface area contributed by atoms with Gasteiger partial charge in [0.05, 0.1) is 0 Å². The molecule has 0 spiro atoms. The average molecular weight is 267 g/mol. The predicted octanol–water partition coefficient (Wildman–Crippen LogP) is 4.75. The van der Waals surface area contributed by atoms with Gasteiger partial charge in [0.25, 0.3) is 0 Å². The van der Waals surface area contributed by atoms with Crippen LogP contribution in [0.3, 0.4) is 0 Å². The van der Waals surface area contributed by atoms with Crippen LogP contribution in [-0.4, -0.2) is 0 Å². The first-order valence-corrected chi connectivity index (χ1v) is 7.46. The lowest BCUT2D eigenvalue weighted by Crippen LogP contribution is -2.17. The third-order valence-electron chi connectivity index (χ3n) is 3.45. The Kier molecular flexibility index (Phi) is 3.62. The molecule has 2 aromatic carbocycles. The van der Waals surface area contributed by atoms with Crippen molar-refractivity contribution in [2.45, 2.75) is 19.5 Å². The number of thiophene rings is 1. The molecule has 1 heterocycles. The van der Waals surface area contributed by atoms with E-state index in [-0.39, 0.29) is 0 Å². The minimum absolute atomic E-state index is 0.402. The highest BCUT2D eigenvalue weighted by molar-refractivity contribution is 7.10. The van der Waals surface area contributed by atoms with E-state index in [1.807, 2.05) is 11.3 Å². The van der Waals surface area contributed by atoms with Crippen molar-refractivity contribution in [1.29, 1.82) is 0 Å². The molecule has 2 heteroatoms. The molecule has 0 aliphatic carbocycles. The topological polar surface area (TPSA) is 12.0 Å². The van der Waals surface area contributed by atoms with E-state index in [0.717, 1.165) is 6.54 Å². The molecule has 0 aliphatic heterocycles. The highest BCUT2D eigenvalue weighted by atomic mass is 32.1. The van der Waals surface area contributed by atoms with Crippen LogP contribution in [0.25, 0.3) is 10.8 Å². The second kappa shape index (κ2) is 5.55. The zero-order valence-corrected chi connectivity index (χ0v) is 11.8. The van der Waals surface area contributed by atoms with E-state index < -0.39 is 0 Å². The summed E-state index contributed by atoms with van der Waals surface area (Å²) in [6, 6.07) is 19.8. The van der Waals surface area contributed by atoms with Gasteiger partial charge in [-0.1, -0.05) is 48.5 Å². The average Bonchev–Trinajstić information content (AvgIpc) is 2.99. The molecule has 1 aromatic heterocycles. The molecule has 1 nitrogen and oxygen atoms in total. The number of benzene rings is 2. The minimum Gasteiger partial charge on any atom is -0.305 e. The smallest absolute Gasteiger partial charge is 0.0388 e. The van der Waals surface area contributed by atoms with Crippen molar-refractivity contribution in [3.05, 3.63) is 70.4 Å². The highest BCUT2D eigenvalue weighted by Crippen LogP contribution is 2.21. The van der Waals surface area contributed by atoms with Crippen LogP contribution in [0.2, 0.25) is 0 Å². The molecule has 0 aliphatic rings. The largest absolute Gasteiger partial charge is 0.305 e. The summed E-state index contributed by atoms with van der Waals surface area (Å²) < 4.78 is 0. The Balaban J connectivity index is 1.79. The van der Waals surface area contributed by atoms with E-state index in [1.165, 1.54) is 21.2 Å². The van der Waals surface area contributed by atoms with Crippen LogP contribution in [0.15, 0.2) is 60.0 Å². The lowest BCUT2D eigenvalue weighted by Gasteiger charge is -2.13. The Morgan fingerprint density at radius 2 is 1.84 bits per heavy atom. The molecule has 96 valence electrons. The fourth-order valence-corrected chi connectivity index (χ4v) is 3.11. The summed E-state index contributed by atoms with van der Waals surface area (Å²) in [5, 5.41) is 8.39. The third-order valence-corrected chi connectivity index (χ3v) is 4.50. The second-order valence-corrected chi connectivity index (χ2v) is 5.74. The summed E-state index contributed by atoms with van der Waals surface area (Å²) in [5.41, 5.74) is 1.36. The Bertz CT molecular complexity index is 653. The van der Waals surface area contributed by atoms with Gasteiger partial charge < -0.3 is 5.32 Å². The van der Waals surface area contributed by atoms with Crippen LogP contribution < -0.4 is 5.32 Å². The van der Waals surface area contributed by atoms with Gasteiger partial charge in [0.15, 0.2) is 0 Å². The summed E-state index contributed by atoms with van der Waals surface area (Å²) in [5.74, 6) is 0. The molecule has 1 N–H and O–H groups in total. The molecule has 0 saturated heterocycles. The van der Waals surface area contributed by atoms with Crippen molar-refractivity contribution in [3.8, 4) is 0 Å². The lowest BCUT2D eigenvalue weighted by atomic mass is 10.0. The minimum atomic E-state index is 0.402. The Labute approximate surface area is 117 Å². The zero-order valence-electron chi connectivity index (χ0n) is 11.0. The number of rotatable bonds is 4. The molecular formula is C17H17NS. The Hall–Kier alpha value is -1.64. The summed E-state index contributed by atoms with van der Waals surface area (Å²) >= 11 is 1.81. The van der Waals surface area contributed by atoms with Crippen molar-refractivity contribution >= 4 is 22.1 Å². The first-order valence-electron chi connectivity index (χ1n) is 6.58. The lowest BCUT2D eigenvalue weighted by molar-refractivity contribution is 0.585. The van der Waals surface area contributed by atoms with Crippen molar-refractivity contribution in [1.82, 2.24) is 5.32 Å². The maximum Gasteiger partial charge on any atom is 0.0388 e. The summed E-state index contributed by atoms with van der Waals surface area (Å²) in [4.78, 5) is 1.39. The van der Waals surface area contributed by atoms with Gasteiger partial charge >= 0.3 is 0 Å². The van der Waals surface area contributed by atoms with E-state index in [1.54, 1.807) is 0 Å². The maximum absolute atomic E-state index is 3.60. The van der Waals surface area contributed by atoms with Gasteiger partial charge in [-0.05, 0) is 34.7 Å². The number of nitrogens with one attached hydrogen (secondary N) is 1. The van der Waals surface area contributed by atoms with Crippen molar-refractivity contribution < 1.29 is 0 Å². The van der Waals surface area contributed by atoms with Gasteiger partial charge in [-0.25, -0.2) is 0 Å². The number of hydrogen-bond acceptors (Lipinski definition) is 2. The van der Waals surface area contributed by atoms with Gasteiger partial charge in [-0.3, -0.25) is 0 Å². The second-order valence-electron chi connectivity index (χ2n) is 4.76. The third kappa shape index (κ3) is 2.70. The first kappa shape index (κ1) is 12.4. The summed E-state index contributed by atoms with van der Waals surface area (Å²) in [6.45, 7) is 3.12. The van der Waals surface area contributed by atoms with Gasteiger partial charge in [0.1, 0.15) is 0 Å². The molecule has 0 radical (unpaired) electrons. The Morgan fingerprint density at radius 3 is 2.68 bits per heavy atom. The SMILES string of the molecule is CC(NCc1cccc2ccccc12)c1cccs1. The van der Waals surface area contributed by atoms with Crippen molar-refractivity contribution in [2.75, 3.05) is 0 Å². The fraction of sp³-hybridized carbons (Fsp3) is 0.176. The molecule has 1 atom stereocenters. The molecule has 0 saturated carbocycles. The highest BCUT2D eigenvalue weighted by Gasteiger charge is 2.06. The van der Waals surface area contributed by atoms with E-state index in [2.05, 4.69) is 72.2 Å². The van der Waals surface area contributed by atoms with Crippen molar-refractivity contribution in [2.24, 2.45) is 0 Å². The summed E-state index contributed by atoms with van der Waals surface area (Å²) in [6.07, 6.45) is 0. The molecule has 0 amide bonds. The van der Waals surface area contributed by atoms with Crippen LogP contribution in [-0.2, 0) is 6.54 Å². The van der Waals surface area contributed by atoms with Crippen molar-refractivity contribution in [3.63, 3.8) is 0 Å². The van der Waals surface area contributed by atoms with Crippen LogP contribution in [0, 0.1) is 0 Å². The molecule has 1 unspecified atom stereocenters.